The number of nitrogens with two attached hydrogens (primary N) is 1. The first kappa shape index (κ1) is 68.6. The molecule has 0 aliphatic rings. The molecule has 0 radical (unpaired) electrons. The van der Waals surface area contributed by atoms with Crippen LogP contribution in [0.2, 0.25) is 0 Å². The monoisotopic (exact) mass is 1180 g/mol. The van der Waals surface area contributed by atoms with Gasteiger partial charge in [0.25, 0.3) is 0 Å². The molecule has 0 aromatic heterocycles. The van der Waals surface area contributed by atoms with Gasteiger partial charge in [-0.15, -0.1) is 0 Å². The number of hydrazone groups is 1. The summed E-state index contributed by atoms with van der Waals surface area (Å²) >= 11 is 0.828. The van der Waals surface area contributed by atoms with Crippen molar-refractivity contribution in [2.45, 2.75) is 58.9 Å². The smallest absolute Gasteiger partial charge is 0.710 e. The standard InChI is InChI=1S/C24H24N2O4S.C14H12O3S.C9H12N2O2.C7H5FO.C7H8O2S.Na/c1-18-7-5-9-20(13-18)17-31(28,29)23-12-4-3-10-21(23)16-25-26-24(27)15-19-8-6-11-22(14-19)30-2;1-11-6-8-13(9-7-11)18(16,17)14-5-3-2-4-12(14)10-15;1-13-8-4-2-3-7(5-8)6-9(12)11-10;8-7-4-2-1-3-6(7)5-9;1-6-2-4-7(5-3-6)10-9-8;/h3-14,16H,15,17H2,1-2H3,(H,26,27);2-10H,1H3;2-5H,6,10H2,1H3,(H,11,12);1-5H;2-5,8H,1H3;/q;;;;;+1/p-1/b25-16+;;;;;. The van der Waals surface area contributed by atoms with Gasteiger partial charge in [0.1, 0.15) is 17.3 Å². The van der Waals surface area contributed by atoms with Crippen LogP contribution in [0, 0.1) is 26.6 Å². The molecule has 422 valence electrons. The molecule has 0 saturated heterocycles. The van der Waals surface area contributed by atoms with Crippen molar-refractivity contribution in [3.05, 3.63) is 250 Å². The molecule has 0 saturated carbocycles. The number of rotatable bonds is 17. The number of methoxy groups -OCH3 is 2. The predicted molar refractivity (Wildman–Crippen MR) is 308 cm³/mol. The van der Waals surface area contributed by atoms with E-state index in [-0.39, 0.29) is 85.8 Å². The number of nitrogens with zero attached hydrogens (tertiary/aromatic N) is 1. The molecule has 0 fully saturated rings. The Balaban J connectivity index is 0.000000293. The van der Waals surface area contributed by atoms with Crippen LogP contribution in [0.25, 0.3) is 0 Å². The summed E-state index contributed by atoms with van der Waals surface area (Å²) in [4.78, 5) is 45.2. The fraction of sp³-hybridized carbons (Fsp3) is 0.131. The van der Waals surface area contributed by atoms with E-state index in [2.05, 4.69) is 20.3 Å². The Hall–Kier alpha value is -7.63. The van der Waals surface area contributed by atoms with E-state index in [4.69, 9.17) is 15.3 Å². The van der Waals surface area contributed by atoms with Gasteiger partial charge in [-0.25, -0.2) is 32.5 Å². The van der Waals surface area contributed by atoms with Crippen molar-refractivity contribution in [2.75, 3.05) is 14.2 Å². The van der Waals surface area contributed by atoms with Gasteiger partial charge >= 0.3 is 29.6 Å². The van der Waals surface area contributed by atoms with E-state index in [1.165, 1.54) is 36.0 Å². The zero-order chi connectivity index (χ0) is 59.2. The maximum Gasteiger partial charge on any atom is 1.00 e. The van der Waals surface area contributed by atoms with Crippen LogP contribution in [0.3, 0.4) is 0 Å². The quantitative estimate of drug-likeness (QED) is 0.0129. The van der Waals surface area contributed by atoms with Crippen LogP contribution in [0.4, 0.5) is 4.39 Å². The molecule has 0 aliphatic carbocycles. The SMILES string of the molecule is COc1cccc(CC(=O)N/N=C/c2ccccc2S(=O)(=O)Cc2cccc(C)c2)c1.COc1cccc(CC(=O)NN)c1.Cc1ccc(S(=O)(=O)c2ccccc2C=O)cc1.Cc1ccc(SO[O-])cc1.O=Cc1ccccc1F.[Na+]. The summed E-state index contributed by atoms with van der Waals surface area (Å²) in [5, 5.41) is 13.6. The summed E-state index contributed by atoms with van der Waals surface area (Å²) in [6.07, 6.45) is 2.80. The Morgan fingerprint density at radius 2 is 1.07 bits per heavy atom. The minimum atomic E-state index is -3.63. The van der Waals surface area contributed by atoms with E-state index in [1.807, 2.05) is 87.5 Å². The molecule has 0 heterocycles. The number of aldehydes is 2. The first-order valence-corrected chi connectivity index (χ1v) is 28.3. The van der Waals surface area contributed by atoms with Crippen molar-refractivity contribution < 1.29 is 89.0 Å². The molecule has 0 unspecified atom stereocenters. The zero-order valence-electron chi connectivity index (χ0n) is 45.9. The van der Waals surface area contributed by atoms with Gasteiger partial charge in [-0.2, -0.15) is 5.10 Å². The second-order valence-corrected chi connectivity index (χ2v) is 21.9. The maximum atomic E-state index is 13.0. The molecule has 0 atom stereocenters. The Morgan fingerprint density at radius 3 is 1.59 bits per heavy atom. The van der Waals surface area contributed by atoms with Crippen LogP contribution >= 0.6 is 12.0 Å². The normalized spacial score (nSPS) is 10.4. The minimum absolute atomic E-state index is 0. The Labute approximate surface area is 504 Å². The molecule has 8 rings (SSSR count). The number of sulfone groups is 2. The topological polar surface area (TPSA) is 250 Å². The van der Waals surface area contributed by atoms with E-state index in [0.717, 1.165) is 50.5 Å². The molecule has 4 N–H and O–H groups in total. The summed E-state index contributed by atoms with van der Waals surface area (Å²) < 4.78 is 76.8. The molecule has 2 amide bonds. The van der Waals surface area contributed by atoms with Crippen LogP contribution < -0.4 is 61.0 Å². The van der Waals surface area contributed by atoms with E-state index in [0.29, 0.717) is 23.9 Å². The molecule has 82 heavy (non-hydrogen) atoms. The van der Waals surface area contributed by atoms with E-state index in [1.54, 1.807) is 117 Å². The number of benzene rings is 8. The van der Waals surface area contributed by atoms with Crippen molar-refractivity contribution in [3.63, 3.8) is 0 Å². The number of halogens is 1. The van der Waals surface area contributed by atoms with Gasteiger partial charge in [0.05, 0.1) is 59.3 Å². The van der Waals surface area contributed by atoms with Crippen molar-refractivity contribution >= 4 is 62.3 Å². The third kappa shape index (κ3) is 23.5. The molecule has 0 aliphatic heterocycles. The molecule has 0 bridgehead atoms. The van der Waals surface area contributed by atoms with Gasteiger partial charge in [-0.3, -0.25) is 24.6 Å². The number of hydrogen-bond donors (Lipinski definition) is 3. The molecule has 8 aromatic carbocycles. The molecular formula is C61H60FN4NaO12S3. The molecule has 21 heteroatoms. The number of aryl methyl sites for hydroxylation is 3. The molecule has 0 spiro atoms. The van der Waals surface area contributed by atoms with Crippen molar-refractivity contribution in [3.8, 4) is 11.5 Å². The number of amides is 2. The van der Waals surface area contributed by atoms with E-state index < -0.39 is 25.5 Å². The second-order valence-electron chi connectivity index (χ2n) is 17.3. The first-order valence-electron chi connectivity index (χ1n) is 24.4. The van der Waals surface area contributed by atoms with Gasteiger partial charge in [-0.1, -0.05) is 138 Å². The summed E-state index contributed by atoms with van der Waals surface area (Å²) in [6.45, 7) is 5.80. The number of ether oxygens (including phenoxy) is 2. The predicted octanol–water partition coefficient (Wildman–Crippen LogP) is 6.47. The summed E-state index contributed by atoms with van der Waals surface area (Å²) in [7, 11) is -4.07. The van der Waals surface area contributed by atoms with Crippen LogP contribution in [0.5, 0.6) is 11.5 Å². The number of hydrazine groups is 1. The van der Waals surface area contributed by atoms with Gasteiger partial charge in [0.15, 0.2) is 22.4 Å². The molecule has 8 aromatic rings. The van der Waals surface area contributed by atoms with Gasteiger partial charge in [0.2, 0.25) is 21.7 Å². The van der Waals surface area contributed by atoms with Crippen LogP contribution in [-0.2, 0) is 52.2 Å². The third-order valence-corrected chi connectivity index (χ3v) is 15.2. The minimum Gasteiger partial charge on any atom is -0.710 e. The largest absolute Gasteiger partial charge is 1.00 e. The van der Waals surface area contributed by atoms with Crippen LogP contribution in [0.1, 0.15) is 59.7 Å². The number of hydrogen-bond acceptors (Lipinski definition) is 15. The van der Waals surface area contributed by atoms with Gasteiger partial charge < -0.3 is 19.1 Å². The average Bonchev–Trinajstić information content (AvgIpc) is 3.65. The Kier molecular flexibility index (Phi) is 30.1. The van der Waals surface area contributed by atoms with Crippen molar-refractivity contribution in [1.29, 1.82) is 0 Å². The summed E-state index contributed by atoms with van der Waals surface area (Å²) in [6, 6.07) is 54.6. The Morgan fingerprint density at radius 1 is 0.585 bits per heavy atom. The van der Waals surface area contributed by atoms with Gasteiger partial charge in [-0.05, 0) is 110 Å². The van der Waals surface area contributed by atoms with Crippen LogP contribution in [0.15, 0.2) is 219 Å². The fourth-order valence-electron chi connectivity index (χ4n) is 7.04. The number of carbonyl (C=O) groups is 4. The Bertz CT molecular complexity index is 3590. The maximum absolute atomic E-state index is 13.0. The van der Waals surface area contributed by atoms with Crippen molar-refractivity contribution in [1.82, 2.24) is 10.9 Å². The first-order chi connectivity index (χ1) is 38.8. The van der Waals surface area contributed by atoms with Crippen molar-refractivity contribution in [2.24, 2.45) is 10.9 Å². The molecule has 16 nitrogen and oxygen atoms in total. The average molecular weight is 1180 g/mol. The number of carbonyl (C=O) groups excluding carboxylic acids is 4. The second kappa shape index (κ2) is 36.0. The number of nitrogens with one attached hydrogen (secondary N) is 2. The summed E-state index contributed by atoms with van der Waals surface area (Å²) in [5.41, 5.74) is 10.8. The van der Waals surface area contributed by atoms with E-state index in [9.17, 15) is 45.7 Å². The van der Waals surface area contributed by atoms with Gasteiger partial charge in [0, 0.05) is 28.1 Å². The van der Waals surface area contributed by atoms with E-state index >= 15 is 0 Å². The fourth-order valence-corrected chi connectivity index (χ4v) is 10.3. The molecular weight excluding hydrogens is 1120 g/mol. The summed E-state index contributed by atoms with van der Waals surface area (Å²) in [5.74, 6) is 5.26. The van der Waals surface area contributed by atoms with Crippen LogP contribution in [-0.4, -0.2) is 61.7 Å². The zero-order valence-corrected chi connectivity index (χ0v) is 50.3. The third-order valence-electron chi connectivity index (χ3n) is 11.1.